The summed E-state index contributed by atoms with van der Waals surface area (Å²) in [6.07, 6.45) is 2.27. The van der Waals surface area contributed by atoms with Gasteiger partial charge in [-0.15, -0.1) is 0 Å². The van der Waals surface area contributed by atoms with E-state index < -0.39 is 0 Å². The average Bonchev–Trinajstić information content (AvgIpc) is 3.13. The molecule has 2 heterocycles. The van der Waals surface area contributed by atoms with Crippen LogP contribution in [-0.2, 0) is 0 Å². The fraction of sp³-hybridized carbons (Fsp3) is 0.533. The van der Waals surface area contributed by atoms with Crippen LogP contribution in [0.3, 0.4) is 0 Å². The molecule has 296 valence electrons. The maximum absolute atomic E-state index is 13.0. The van der Waals surface area contributed by atoms with Crippen molar-refractivity contribution in [3.63, 3.8) is 0 Å². The molecule has 54 heavy (non-hydrogen) atoms. The molecule has 2 saturated heterocycles. The molecule has 4 aromatic rings. The predicted molar refractivity (Wildman–Crippen MR) is 227 cm³/mol. The number of methoxy groups -OCH3 is 2. The van der Waals surface area contributed by atoms with Gasteiger partial charge >= 0.3 is 6.03 Å². The fourth-order valence-corrected chi connectivity index (χ4v) is 8.72. The van der Waals surface area contributed by atoms with Crippen molar-refractivity contribution in [2.45, 2.75) is 78.6 Å². The fourth-order valence-electron chi connectivity index (χ4n) is 8.72. The number of amides is 2. The van der Waals surface area contributed by atoms with Crippen LogP contribution in [0.15, 0.2) is 72.8 Å². The third-order valence-corrected chi connectivity index (χ3v) is 11.5. The molecule has 2 amide bonds. The minimum atomic E-state index is -0.0971. The summed E-state index contributed by atoms with van der Waals surface area (Å²) in [5, 5.41) is 11.1. The van der Waals surface area contributed by atoms with Crippen molar-refractivity contribution in [3.05, 3.63) is 83.9 Å². The minimum absolute atomic E-state index is 0.0185. The van der Waals surface area contributed by atoms with E-state index in [2.05, 4.69) is 93.5 Å². The third kappa shape index (κ3) is 10.2. The highest BCUT2D eigenvalue weighted by Gasteiger charge is 2.39. The molecule has 0 aromatic heterocycles. The van der Waals surface area contributed by atoms with Crippen LogP contribution in [0.1, 0.15) is 77.6 Å². The Kier molecular flexibility index (Phi) is 14.8. The van der Waals surface area contributed by atoms with Crippen molar-refractivity contribution in [2.24, 2.45) is 16.6 Å². The smallest absolute Gasteiger partial charge is 0.317 e. The van der Waals surface area contributed by atoms with Crippen LogP contribution in [-0.4, -0.2) is 101 Å². The van der Waals surface area contributed by atoms with Gasteiger partial charge in [0.15, 0.2) is 0 Å². The summed E-state index contributed by atoms with van der Waals surface area (Å²) in [5.41, 5.74) is 8.68. The van der Waals surface area contributed by atoms with Gasteiger partial charge in [-0.05, 0) is 106 Å². The van der Waals surface area contributed by atoms with Gasteiger partial charge in [-0.3, -0.25) is 0 Å². The zero-order valence-electron chi connectivity index (χ0n) is 35.1. The van der Waals surface area contributed by atoms with Gasteiger partial charge in [-0.1, -0.05) is 88.4 Å². The van der Waals surface area contributed by atoms with Gasteiger partial charge in [0.2, 0.25) is 0 Å². The predicted octanol–water partition coefficient (Wildman–Crippen LogP) is 8.09. The lowest BCUT2D eigenvalue weighted by atomic mass is 9.78. The molecular formula is C45H68N6O3. The Labute approximate surface area is 325 Å². The van der Waals surface area contributed by atoms with Crippen molar-refractivity contribution < 1.29 is 14.3 Å². The van der Waals surface area contributed by atoms with Crippen molar-refractivity contribution in [2.75, 3.05) is 68.6 Å². The maximum atomic E-state index is 13.0. The molecule has 2 aliphatic heterocycles. The van der Waals surface area contributed by atoms with Gasteiger partial charge in [-0.25, -0.2) is 4.79 Å². The highest BCUT2D eigenvalue weighted by Crippen LogP contribution is 2.34. The summed E-state index contributed by atoms with van der Waals surface area (Å²) in [6, 6.07) is 25.2. The maximum Gasteiger partial charge on any atom is 0.317 e. The van der Waals surface area contributed by atoms with E-state index in [1.165, 1.54) is 24.9 Å². The molecule has 4 unspecified atom stereocenters. The van der Waals surface area contributed by atoms with Crippen molar-refractivity contribution >= 4 is 27.6 Å². The molecule has 0 bridgehead atoms. The van der Waals surface area contributed by atoms with Gasteiger partial charge in [0.05, 0.1) is 20.3 Å². The SMILES string of the molecule is CNC1CCN(C)CC1(C)C.COc1ccc(C(C)N)c2ccccc12.COc1ccc(C(C)NC(=O)N(C)C2CCN(C)CC2(C)C)c2ccccc12. The first kappa shape index (κ1) is 42.8. The standard InChI is InChI=1S/C23H33N3O2.C13H15NO.C9H20N2/c1-16(17-11-12-20(28-6)19-10-8-7-9-18(17)19)24-22(27)26(5)21-13-14-25(4)15-23(21,2)3;1-9(14)10-7-8-13(15-2)12-6-4-3-5-11(10)12;1-9(2)7-11(4)6-5-8(9)10-3/h7-12,16,21H,13-15H2,1-6H3,(H,24,27);3-9H,14H2,1-2H3;8,10H,5-7H2,1-4H3. The monoisotopic (exact) mass is 741 g/mol. The Morgan fingerprint density at radius 3 is 1.69 bits per heavy atom. The number of rotatable bonds is 7. The largest absolute Gasteiger partial charge is 0.496 e. The number of hydrogen-bond donors (Lipinski definition) is 3. The Bertz CT molecular complexity index is 1820. The van der Waals surface area contributed by atoms with Crippen LogP contribution in [0.2, 0.25) is 0 Å². The molecule has 0 saturated carbocycles. The number of nitrogens with zero attached hydrogens (tertiary/aromatic N) is 3. The highest BCUT2D eigenvalue weighted by molar-refractivity contribution is 5.92. The first-order valence-electron chi connectivity index (χ1n) is 19.5. The molecule has 0 radical (unpaired) electrons. The lowest BCUT2D eigenvalue weighted by Gasteiger charge is -2.47. The molecule has 4 atom stereocenters. The Morgan fingerprint density at radius 2 is 1.22 bits per heavy atom. The van der Waals surface area contributed by atoms with Crippen LogP contribution in [0.25, 0.3) is 21.5 Å². The summed E-state index contributed by atoms with van der Waals surface area (Å²) >= 11 is 0. The second kappa shape index (κ2) is 18.6. The number of hydrogen-bond acceptors (Lipinski definition) is 7. The van der Waals surface area contributed by atoms with E-state index in [0.29, 0.717) is 11.5 Å². The molecule has 9 heteroatoms. The molecule has 4 N–H and O–H groups in total. The van der Waals surface area contributed by atoms with E-state index in [0.717, 1.165) is 58.3 Å². The quantitative estimate of drug-likeness (QED) is 0.176. The van der Waals surface area contributed by atoms with Crippen LogP contribution >= 0.6 is 0 Å². The molecule has 2 aliphatic rings. The first-order chi connectivity index (χ1) is 25.5. The summed E-state index contributed by atoms with van der Waals surface area (Å²) in [6.45, 7) is 17.7. The topological polar surface area (TPSA) is 95.3 Å². The number of piperidine rings is 2. The lowest BCUT2D eigenvalue weighted by Crippen LogP contribution is -2.57. The van der Waals surface area contributed by atoms with E-state index in [9.17, 15) is 4.79 Å². The first-order valence-corrected chi connectivity index (χ1v) is 19.5. The number of benzene rings is 4. The molecule has 9 nitrogen and oxygen atoms in total. The zero-order chi connectivity index (χ0) is 39.8. The molecule has 2 fully saturated rings. The van der Waals surface area contributed by atoms with Gasteiger partial charge < -0.3 is 40.5 Å². The Morgan fingerprint density at radius 1 is 0.759 bits per heavy atom. The van der Waals surface area contributed by atoms with Crippen LogP contribution in [0.4, 0.5) is 4.79 Å². The highest BCUT2D eigenvalue weighted by atomic mass is 16.5. The molecule has 4 aromatic carbocycles. The van der Waals surface area contributed by atoms with Crippen molar-refractivity contribution in [3.8, 4) is 11.5 Å². The van der Waals surface area contributed by atoms with E-state index in [1.807, 2.05) is 74.3 Å². The van der Waals surface area contributed by atoms with Crippen molar-refractivity contribution in [1.82, 2.24) is 25.3 Å². The number of urea groups is 1. The average molecular weight is 741 g/mol. The number of nitrogens with two attached hydrogens (primary N) is 1. The molecule has 0 spiro atoms. The normalized spacial score (nSPS) is 20.8. The summed E-state index contributed by atoms with van der Waals surface area (Å²) in [4.78, 5) is 19.7. The van der Waals surface area contributed by atoms with Crippen LogP contribution < -0.4 is 25.8 Å². The van der Waals surface area contributed by atoms with E-state index in [4.69, 9.17) is 15.2 Å². The molecule has 0 aliphatic carbocycles. The number of fused-ring (bicyclic) bond motifs is 2. The van der Waals surface area contributed by atoms with Gasteiger partial charge in [0, 0.05) is 49.0 Å². The number of ether oxygens (including phenoxy) is 2. The number of nitrogens with one attached hydrogen (secondary N) is 2. The second-order valence-corrected chi connectivity index (χ2v) is 16.8. The van der Waals surface area contributed by atoms with Crippen molar-refractivity contribution in [1.29, 1.82) is 0 Å². The molecular weight excluding hydrogens is 673 g/mol. The third-order valence-electron chi connectivity index (χ3n) is 11.5. The van der Waals surface area contributed by atoms with Gasteiger partial charge in [0.25, 0.3) is 0 Å². The van der Waals surface area contributed by atoms with E-state index in [-0.39, 0.29) is 29.6 Å². The van der Waals surface area contributed by atoms with E-state index in [1.54, 1.807) is 14.2 Å². The summed E-state index contributed by atoms with van der Waals surface area (Å²) in [5.74, 6) is 1.75. The Balaban J connectivity index is 0.000000207. The molecule has 6 rings (SSSR count). The van der Waals surface area contributed by atoms with Crippen LogP contribution in [0.5, 0.6) is 11.5 Å². The number of carbonyl (C=O) groups excluding carboxylic acids is 1. The Hall–Kier alpha value is -3.89. The number of carbonyl (C=O) groups is 1. The van der Waals surface area contributed by atoms with Gasteiger partial charge in [0.1, 0.15) is 11.5 Å². The van der Waals surface area contributed by atoms with Gasteiger partial charge in [-0.2, -0.15) is 0 Å². The van der Waals surface area contributed by atoms with E-state index >= 15 is 0 Å². The zero-order valence-corrected chi connectivity index (χ0v) is 35.1. The number of likely N-dealkylation sites (tertiary alicyclic amines) is 2. The minimum Gasteiger partial charge on any atom is -0.496 e. The second-order valence-electron chi connectivity index (χ2n) is 16.8. The summed E-state index contributed by atoms with van der Waals surface area (Å²) < 4.78 is 10.8. The summed E-state index contributed by atoms with van der Waals surface area (Å²) in [7, 11) is 11.7. The van der Waals surface area contributed by atoms with Crippen LogP contribution in [0, 0.1) is 10.8 Å². The lowest BCUT2D eigenvalue weighted by molar-refractivity contribution is 0.0446.